The highest BCUT2D eigenvalue weighted by molar-refractivity contribution is 5.71. The second-order valence-electron chi connectivity index (χ2n) is 19.2. The van der Waals surface area contributed by atoms with E-state index in [2.05, 4.69) is 57.2 Å². The molecule has 0 bridgehead atoms. The topological polar surface area (TPSA) is 78.9 Å². The minimum Gasteiger partial charge on any atom is -0.462 e. The predicted octanol–water partition coefficient (Wildman–Crippen LogP) is 18.9. The minimum atomic E-state index is -0.779. The largest absolute Gasteiger partial charge is 0.462 e. The molecule has 0 rings (SSSR count). The number of rotatable bonds is 52. The maximum absolute atomic E-state index is 12.8. The van der Waals surface area contributed by atoms with E-state index in [-0.39, 0.29) is 31.1 Å². The standard InChI is InChI=1S/C59H108O6/c1-4-7-10-13-16-19-22-25-27-28-29-30-31-32-35-37-40-43-46-49-52-58(61)64-55-56(54-63-57(60)51-48-45-42-39-36-33-24-21-18-15-12-9-6-3)65-59(62)53-50-47-44-41-38-34-26-23-20-17-14-11-8-5-2/h9,12,18,21,33,36,56H,4-8,10-11,13-17,19-20,22-32,34-35,37-55H2,1-3H3/b12-9-,21-18-,36-33-. The Hall–Kier alpha value is -2.37. The summed E-state index contributed by atoms with van der Waals surface area (Å²) in [5.41, 5.74) is 0. The molecule has 0 aliphatic heterocycles. The smallest absolute Gasteiger partial charge is 0.306 e. The molecule has 0 aromatic carbocycles. The van der Waals surface area contributed by atoms with Crippen molar-refractivity contribution in [2.24, 2.45) is 0 Å². The lowest BCUT2D eigenvalue weighted by atomic mass is 10.0. The van der Waals surface area contributed by atoms with Gasteiger partial charge in [-0.15, -0.1) is 0 Å². The third kappa shape index (κ3) is 52.5. The Morgan fingerprint density at radius 2 is 0.600 bits per heavy atom. The van der Waals surface area contributed by atoms with E-state index in [1.54, 1.807) is 0 Å². The van der Waals surface area contributed by atoms with Crippen LogP contribution >= 0.6 is 0 Å². The molecule has 0 heterocycles. The summed E-state index contributed by atoms with van der Waals surface area (Å²) in [6.07, 6.45) is 64.3. The number of carbonyl (C=O) groups excluding carboxylic acids is 3. The molecule has 65 heavy (non-hydrogen) atoms. The number of esters is 3. The Bertz CT molecular complexity index is 1090. The van der Waals surface area contributed by atoms with Crippen LogP contribution in [0, 0.1) is 0 Å². The second kappa shape index (κ2) is 54.2. The number of ether oxygens (including phenoxy) is 3. The molecule has 0 spiro atoms. The Kier molecular flexibility index (Phi) is 52.3. The summed E-state index contributed by atoms with van der Waals surface area (Å²) in [5.74, 6) is -0.889. The van der Waals surface area contributed by atoms with E-state index in [4.69, 9.17) is 14.2 Å². The average Bonchev–Trinajstić information content (AvgIpc) is 3.30. The van der Waals surface area contributed by atoms with Crippen LogP contribution < -0.4 is 0 Å². The molecule has 0 radical (unpaired) electrons. The van der Waals surface area contributed by atoms with Gasteiger partial charge in [-0.3, -0.25) is 14.4 Å². The van der Waals surface area contributed by atoms with Crippen molar-refractivity contribution in [1.82, 2.24) is 0 Å². The Morgan fingerprint density at radius 1 is 0.323 bits per heavy atom. The lowest BCUT2D eigenvalue weighted by Gasteiger charge is -2.18. The average molecular weight is 914 g/mol. The molecule has 0 saturated heterocycles. The van der Waals surface area contributed by atoms with Gasteiger partial charge in [0.05, 0.1) is 0 Å². The van der Waals surface area contributed by atoms with Gasteiger partial charge in [0, 0.05) is 19.3 Å². The normalized spacial score (nSPS) is 12.2. The van der Waals surface area contributed by atoms with Gasteiger partial charge in [0.1, 0.15) is 13.2 Å². The summed E-state index contributed by atoms with van der Waals surface area (Å²) in [5, 5.41) is 0. The second-order valence-corrected chi connectivity index (χ2v) is 19.2. The number of unbranched alkanes of at least 4 members (excludes halogenated alkanes) is 35. The molecule has 6 heteroatoms. The SMILES string of the molecule is CC/C=C\C/C=C\C/C=C\CCCCCC(=O)OCC(COC(=O)CCCCCCCCCCCCCCCCCCCCCC)OC(=O)CCCCCCCCCCCCCCCC. The van der Waals surface area contributed by atoms with Crippen molar-refractivity contribution in [2.75, 3.05) is 13.2 Å². The first kappa shape index (κ1) is 62.6. The maximum Gasteiger partial charge on any atom is 0.306 e. The summed E-state index contributed by atoms with van der Waals surface area (Å²) < 4.78 is 16.8. The van der Waals surface area contributed by atoms with E-state index in [0.29, 0.717) is 19.3 Å². The molecule has 1 atom stereocenters. The van der Waals surface area contributed by atoms with Crippen LogP contribution in [-0.2, 0) is 28.6 Å². The van der Waals surface area contributed by atoms with E-state index < -0.39 is 6.10 Å². The van der Waals surface area contributed by atoms with Gasteiger partial charge in [-0.2, -0.15) is 0 Å². The Balaban J connectivity index is 4.30. The van der Waals surface area contributed by atoms with Crippen LogP contribution in [0.5, 0.6) is 0 Å². The van der Waals surface area contributed by atoms with E-state index in [1.807, 2.05) is 0 Å². The summed E-state index contributed by atoms with van der Waals surface area (Å²) in [7, 11) is 0. The third-order valence-corrected chi connectivity index (χ3v) is 12.7. The zero-order chi connectivity index (χ0) is 47.2. The molecule has 0 aliphatic carbocycles. The molecular formula is C59H108O6. The van der Waals surface area contributed by atoms with E-state index in [0.717, 1.165) is 83.5 Å². The van der Waals surface area contributed by atoms with Gasteiger partial charge in [0.25, 0.3) is 0 Å². The first-order valence-electron chi connectivity index (χ1n) is 28.5. The lowest BCUT2D eigenvalue weighted by molar-refractivity contribution is -0.167. The molecule has 0 aromatic rings. The fraction of sp³-hybridized carbons (Fsp3) is 0.847. The first-order valence-corrected chi connectivity index (χ1v) is 28.5. The third-order valence-electron chi connectivity index (χ3n) is 12.7. The Morgan fingerprint density at radius 3 is 0.938 bits per heavy atom. The van der Waals surface area contributed by atoms with Crippen molar-refractivity contribution in [3.63, 3.8) is 0 Å². The summed E-state index contributed by atoms with van der Waals surface area (Å²) in [4.78, 5) is 38.1. The highest BCUT2D eigenvalue weighted by Gasteiger charge is 2.19. The molecule has 0 aromatic heterocycles. The van der Waals surface area contributed by atoms with Crippen molar-refractivity contribution in [2.45, 2.75) is 309 Å². The molecule has 380 valence electrons. The molecule has 0 fully saturated rings. The van der Waals surface area contributed by atoms with Gasteiger partial charge in [0.2, 0.25) is 0 Å². The van der Waals surface area contributed by atoms with Gasteiger partial charge in [-0.05, 0) is 51.4 Å². The minimum absolute atomic E-state index is 0.0766. The van der Waals surface area contributed by atoms with Gasteiger partial charge in [0.15, 0.2) is 6.10 Å². The van der Waals surface area contributed by atoms with Crippen LogP contribution in [0.25, 0.3) is 0 Å². The van der Waals surface area contributed by atoms with Crippen molar-refractivity contribution in [3.8, 4) is 0 Å². The highest BCUT2D eigenvalue weighted by Crippen LogP contribution is 2.17. The van der Waals surface area contributed by atoms with Crippen molar-refractivity contribution < 1.29 is 28.6 Å². The molecule has 0 saturated carbocycles. The summed E-state index contributed by atoms with van der Waals surface area (Å²) >= 11 is 0. The molecule has 0 amide bonds. The number of allylic oxidation sites excluding steroid dienone is 6. The number of hydrogen-bond donors (Lipinski definition) is 0. The summed E-state index contributed by atoms with van der Waals surface area (Å²) in [6.45, 7) is 6.54. The van der Waals surface area contributed by atoms with Crippen LogP contribution in [0.2, 0.25) is 0 Å². The molecule has 0 aliphatic rings. The van der Waals surface area contributed by atoms with Crippen LogP contribution in [-0.4, -0.2) is 37.2 Å². The van der Waals surface area contributed by atoms with Crippen molar-refractivity contribution in [1.29, 1.82) is 0 Å². The summed E-state index contributed by atoms with van der Waals surface area (Å²) in [6, 6.07) is 0. The van der Waals surface area contributed by atoms with E-state index in [1.165, 1.54) is 180 Å². The fourth-order valence-corrected chi connectivity index (χ4v) is 8.40. The maximum atomic E-state index is 12.8. The van der Waals surface area contributed by atoms with Crippen LogP contribution in [0.1, 0.15) is 303 Å². The lowest BCUT2D eigenvalue weighted by Crippen LogP contribution is -2.30. The van der Waals surface area contributed by atoms with Gasteiger partial charge < -0.3 is 14.2 Å². The monoisotopic (exact) mass is 913 g/mol. The van der Waals surface area contributed by atoms with Gasteiger partial charge in [-0.1, -0.05) is 269 Å². The van der Waals surface area contributed by atoms with Gasteiger partial charge >= 0.3 is 17.9 Å². The molecule has 1 unspecified atom stereocenters. The number of hydrogen-bond acceptors (Lipinski definition) is 6. The van der Waals surface area contributed by atoms with Crippen molar-refractivity contribution >= 4 is 17.9 Å². The van der Waals surface area contributed by atoms with E-state index in [9.17, 15) is 14.4 Å². The number of carbonyl (C=O) groups is 3. The quantitative estimate of drug-likeness (QED) is 0.0262. The van der Waals surface area contributed by atoms with Gasteiger partial charge in [-0.25, -0.2) is 0 Å². The molecule has 0 N–H and O–H groups in total. The van der Waals surface area contributed by atoms with Crippen LogP contribution in [0.15, 0.2) is 36.5 Å². The van der Waals surface area contributed by atoms with Crippen LogP contribution in [0.3, 0.4) is 0 Å². The zero-order valence-corrected chi connectivity index (χ0v) is 43.5. The first-order chi connectivity index (χ1) is 32.0. The highest BCUT2D eigenvalue weighted by atomic mass is 16.6. The Labute approximate surface area is 404 Å². The molecule has 6 nitrogen and oxygen atoms in total. The zero-order valence-electron chi connectivity index (χ0n) is 43.5. The predicted molar refractivity (Wildman–Crippen MR) is 279 cm³/mol. The molecular weight excluding hydrogens is 805 g/mol. The fourth-order valence-electron chi connectivity index (χ4n) is 8.40. The van der Waals surface area contributed by atoms with Crippen LogP contribution in [0.4, 0.5) is 0 Å². The van der Waals surface area contributed by atoms with Crippen molar-refractivity contribution in [3.05, 3.63) is 36.5 Å². The van der Waals surface area contributed by atoms with E-state index >= 15 is 0 Å².